The van der Waals surface area contributed by atoms with Crippen LogP contribution >= 0.6 is 0 Å². The first-order chi connectivity index (χ1) is 9.75. The van der Waals surface area contributed by atoms with E-state index in [0.29, 0.717) is 25.6 Å². The van der Waals surface area contributed by atoms with Crippen molar-refractivity contribution in [3.05, 3.63) is 29.3 Å². The maximum atomic E-state index is 11.3. The van der Waals surface area contributed by atoms with Gasteiger partial charge >= 0.3 is 0 Å². The summed E-state index contributed by atoms with van der Waals surface area (Å²) in [5.74, 6) is 0.607. The Bertz CT molecular complexity index is 649. The molecule has 0 bridgehead atoms. The highest BCUT2D eigenvalue weighted by Crippen LogP contribution is 2.19. The predicted octanol–water partition coefficient (Wildman–Crippen LogP) is 0.921. The molecule has 1 aliphatic heterocycles. The van der Waals surface area contributed by atoms with E-state index in [-0.39, 0.29) is 5.92 Å². The smallest absolute Gasteiger partial charge is 0.211 e. The van der Waals surface area contributed by atoms with E-state index in [1.807, 2.05) is 25.1 Å². The number of benzene rings is 1. The number of anilines is 1. The lowest BCUT2D eigenvalue weighted by Gasteiger charge is -2.36. The number of aryl methyl sites for hydroxylation is 2. The molecular weight excluding hydrogens is 288 g/mol. The summed E-state index contributed by atoms with van der Waals surface area (Å²) >= 11 is 0. The third kappa shape index (κ3) is 4.18. The zero-order valence-corrected chi connectivity index (χ0v) is 13.4. The number of nitrogens with one attached hydrogen (secondary N) is 1. The number of aliphatic imine (C=N–C) groups is 1. The van der Waals surface area contributed by atoms with Crippen LogP contribution in [0.4, 0.5) is 5.69 Å². The molecule has 0 aromatic heterocycles. The van der Waals surface area contributed by atoms with Crippen molar-refractivity contribution in [2.45, 2.75) is 13.8 Å². The van der Waals surface area contributed by atoms with Gasteiger partial charge < -0.3 is 11.1 Å². The fraction of sp³-hybridized carbons (Fsp3) is 0.500. The van der Waals surface area contributed by atoms with E-state index in [9.17, 15) is 8.42 Å². The fourth-order valence-corrected chi connectivity index (χ4v) is 3.11. The molecule has 6 nitrogen and oxygen atoms in total. The van der Waals surface area contributed by atoms with Gasteiger partial charge in [0.2, 0.25) is 10.0 Å². The Morgan fingerprint density at radius 1 is 1.38 bits per heavy atom. The van der Waals surface area contributed by atoms with Gasteiger partial charge in [0.05, 0.1) is 6.26 Å². The van der Waals surface area contributed by atoms with Crippen LogP contribution in [0.5, 0.6) is 0 Å². The summed E-state index contributed by atoms with van der Waals surface area (Å²) in [5.41, 5.74) is 9.17. The van der Waals surface area contributed by atoms with Gasteiger partial charge in [0.15, 0.2) is 5.96 Å². The van der Waals surface area contributed by atoms with Crippen molar-refractivity contribution in [1.82, 2.24) is 4.31 Å². The van der Waals surface area contributed by atoms with Crippen LogP contribution in [-0.4, -0.2) is 44.6 Å². The molecule has 1 fully saturated rings. The minimum absolute atomic E-state index is 0.250. The summed E-state index contributed by atoms with van der Waals surface area (Å²) in [4.78, 5) is 4.27. The molecule has 0 spiro atoms. The SMILES string of the molecule is Cc1ccc(NC(N)=NCC2CN(S(C)(=O)=O)C2)cc1C. The van der Waals surface area contributed by atoms with E-state index in [1.54, 1.807) is 0 Å². The lowest BCUT2D eigenvalue weighted by atomic mass is 10.0. The van der Waals surface area contributed by atoms with Gasteiger partial charge in [-0.1, -0.05) is 6.07 Å². The number of hydrogen-bond acceptors (Lipinski definition) is 3. The van der Waals surface area contributed by atoms with Crippen molar-refractivity contribution >= 4 is 21.7 Å². The van der Waals surface area contributed by atoms with Crippen LogP contribution in [0.25, 0.3) is 0 Å². The van der Waals surface area contributed by atoms with Crippen LogP contribution in [0, 0.1) is 19.8 Å². The number of guanidine groups is 1. The molecule has 1 saturated heterocycles. The summed E-state index contributed by atoms with van der Waals surface area (Å²) in [7, 11) is -3.06. The Morgan fingerprint density at radius 3 is 2.62 bits per heavy atom. The van der Waals surface area contributed by atoms with Gasteiger partial charge in [-0.05, 0) is 37.1 Å². The van der Waals surface area contributed by atoms with Crippen LogP contribution in [0.2, 0.25) is 0 Å². The van der Waals surface area contributed by atoms with E-state index < -0.39 is 10.0 Å². The van der Waals surface area contributed by atoms with Gasteiger partial charge in [0.1, 0.15) is 0 Å². The summed E-state index contributed by atoms with van der Waals surface area (Å²) in [6.07, 6.45) is 1.22. The fourth-order valence-electron chi connectivity index (χ4n) is 2.14. The maximum absolute atomic E-state index is 11.3. The van der Waals surface area contributed by atoms with Crippen molar-refractivity contribution in [2.75, 3.05) is 31.2 Å². The minimum Gasteiger partial charge on any atom is -0.370 e. The molecule has 7 heteroatoms. The number of nitrogens with zero attached hydrogens (tertiary/aromatic N) is 2. The monoisotopic (exact) mass is 310 g/mol. The molecule has 0 unspecified atom stereocenters. The maximum Gasteiger partial charge on any atom is 0.211 e. The molecule has 116 valence electrons. The molecule has 0 radical (unpaired) electrons. The lowest BCUT2D eigenvalue weighted by molar-refractivity contribution is 0.209. The van der Waals surface area contributed by atoms with Gasteiger partial charge in [-0.2, -0.15) is 0 Å². The van der Waals surface area contributed by atoms with Crippen LogP contribution in [0.1, 0.15) is 11.1 Å². The van der Waals surface area contributed by atoms with Crippen molar-refractivity contribution < 1.29 is 8.42 Å². The molecule has 0 aliphatic carbocycles. The van der Waals surface area contributed by atoms with Crippen molar-refractivity contribution in [3.63, 3.8) is 0 Å². The van der Waals surface area contributed by atoms with Crippen LogP contribution < -0.4 is 11.1 Å². The molecule has 1 aromatic carbocycles. The van der Waals surface area contributed by atoms with Gasteiger partial charge in [-0.15, -0.1) is 0 Å². The highest BCUT2D eigenvalue weighted by molar-refractivity contribution is 7.88. The van der Waals surface area contributed by atoms with Gasteiger partial charge in [-0.25, -0.2) is 12.7 Å². The highest BCUT2D eigenvalue weighted by atomic mass is 32.2. The van der Waals surface area contributed by atoms with Gasteiger partial charge in [0, 0.05) is 31.2 Å². The highest BCUT2D eigenvalue weighted by Gasteiger charge is 2.32. The second-order valence-electron chi connectivity index (χ2n) is 5.60. The van der Waals surface area contributed by atoms with Gasteiger partial charge in [-0.3, -0.25) is 4.99 Å². The van der Waals surface area contributed by atoms with E-state index >= 15 is 0 Å². The predicted molar refractivity (Wildman–Crippen MR) is 85.9 cm³/mol. The zero-order valence-electron chi connectivity index (χ0n) is 12.6. The molecule has 2 rings (SSSR count). The Labute approximate surface area is 126 Å². The third-order valence-electron chi connectivity index (χ3n) is 3.69. The first-order valence-electron chi connectivity index (χ1n) is 6.85. The Morgan fingerprint density at radius 2 is 2.05 bits per heavy atom. The molecule has 21 heavy (non-hydrogen) atoms. The van der Waals surface area contributed by atoms with Gasteiger partial charge in [0.25, 0.3) is 0 Å². The first kappa shape index (κ1) is 15.8. The molecule has 0 amide bonds. The molecule has 1 heterocycles. The third-order valence-corrected chi connectivity index (χ3v) is 4.93. The average molecular weight is 310 g/mol. The number of sulfonamides is 1. The second kappa shape index (κ2) is 6.03. The molecular formula is C14H22N4O2S. The first-order valence-corrected chi connectivity index (χ1v) is 8.70. The summed E-state index contributed by atoms with van der Waals surface area (Å²) in [6.45, 7) is 5.69. The van der Waals surface area contributed by atoms with E-state index in [1.165, 1.54) is 21.7 Å². The lowest BCUT2D eigenvalue weighted by Crippen LogP contribution is -2.50. The second-order valence-corrected chi connectivity index (χ2v) is 7.58. The summed E-state index contributed by atoms with van der Waals surface area (Å²) in [5, 5.41) is 3.05. The largest absolute Gasteiger partial charge is 0.370 e. The van der Waals surface area contributed by atoms with Crippen molar-refractivity contribution in [1.29, 1.82) is 0 Å². The van der Waals surface area contributed by atoms with Crippen LogP contribution in [0.3, 0.4) is 0 Å². The quantitative estimate of drug-likeness (QED) is 0.639. The van der Waals surface area contributed by atoms with Crippen LogP contribution in [0.15, 0.2) is 23.2 Å². The van der Waals surface area contributed by atoms with Crippen LogP contribution in [-0.2, 0) is 10.0 Å². The van der Waals surface area contributed by atoms with E-state index in [4.69, 9.17) is 5.73 Å². The molecule has 3 N–H and O–H groups in total. The average Bonchev–Trinajstić information content (AvgIpc) is 2.30. The molecule has 1 aliphatic rings. The summed E-state index contributed by atoms with van der Waals surface area (Å²) < 4.78 is 23.9. The minimum atomic E-state index is -3.06. The van der Waals surface area contributed by atoms with Crippen molar-refractivity contribution in [2.24, 2.45) is 16.6 Å². The summed E-state index contributed by atoms with van der Waals surface area (Å²) in [6, 6.07) is 6.01. The molecule has 0 saturated carbocycles. The Hall–Kier alpha value is -1.60. The standard InChI is InChI=1S/C14H22N4O2S/c1-10-4-5-13(6-11(10)2)17-14(15)16-7-12-8-18(9-12)21(3,19)20/h4-6,12H,7-9H2,1-3H3,(H3,15,16,17). The van der Waals surface area contributed by atoms with E-state index in [0.717, 1.165) is 5.69 Å². The topological polar surface area (TPSA) is 87.8 Å². The Balaban J connectivity index is 1.84. The number of nitrogens with two attached hydrogens (primary N) is 1. The number of hydrogen-bond donors (Lipinski definition) is 2. The van der Waals surface area contributed by atoms with Crippen molar-refractivity contribution in [3.8, 4) is 0 Å². The number of rotatable bonds is 4. The zero-order chi connectivity index (χ0) is 15.6. The normalized spacial score (nSPS) is 17.6. The Kier molecular flexibility index (Phi) is 4.53. The molecule has 0 atom stereocenters. The van der Waals surface area contributed by atoms with E-state index in [2.05, 4.69) is 17.2 Å². The molecule has 1 aromatic rings.